The van der Waals surface area contributed by atoms with E-state index >= 15 is 0 Å². The van der Waals surface area contributed by atoms with E-state index in [9.17, 15) is 8.78 Å². The van der Waals surface area contributed by atoms with Crippen LogP contribution in [-0.4, -0.2) is 53.8 Å². The molecule has 0 aromatic carbocycles. The number of anilines is 1. The maximum atomic E-state index is 12.7. The van der Waals surface area contributed by atoms with Crippen molar-refractivity contribution in [2.24, 2.45) is 0 Å². The largest absolute Gasteiger partial charge is 0.431 e. The van der Waals surface area contributed by atoms with Crippen LogP contribution in [-0.2, 0) is 4.74 Å². The maximum Gasteiger partial charge on any atom is 0.387 e. The van der Waals surface area contributed by atoms with Gasteiger partial charge in [-0.3, -0.25) is 9.88 Å². The molecule has 30 heavy (non-hydrogen) atoms. The molecule has 2 saturated heterocycles. The molecule has 160 valence electrons. The lowest BCUT2D eigenvalue weighted by Gasteiger charge is -2.41. The minimum absolute atomic E-state index is 0.0510. The second-order valence-electron chi connectivity index (χ2n) is 8.47. The summed E-state index contributed by atoms with van der Waals surface area (Å²) in [6, 6.07) is 6.42. The highest BCUT2D eigenvalue weighted by Crippen LogP contribution is 2.42. The minimum atomic E-state index is -2.95. The summed E-state index contributed by atoms with van der Waals surface area (Å²) < 4.78 is 35.3. The first-order valence-electron chi connectivity index (χ1n) is 10.6. The van der Waals surface area contributed by atoms with E-state index in [4.69, 9.17) is 15.5 Å². The SMILES string of the molecule is Nc1ncc(-c2cc(C3CCN(C4COC4)CC3)cc(C3CC3)n2)cc1OC(F)F. The van der Waals surface area contributed by atoms with Gasteiger partial charge < -0.3 is 15.2 Å². The molecule has 2 aliphatic heterocycles. The van der Waals surface area contributed by atoms with Crippen LogP contribution in [0.5, 0.6) is 5.75 Å². The van der Waals surface area contributed by atoms with Gasteiger partial charge in [-0.2, -0.15) is 8.78 Å². The monoisotopic (exact) mass is 416 g/mol. The molecule has 6 nitrogen and oxygen atoms in total. The molecule has 0 atom stereocenters. The molecule has 3 fully saturated rings. The van der Waals surface area contributed by atoms with Crippen molar-refractivity contribution in [2.75, 3.05) is 32.0 Å². The van der Waals surface area contributed by atoms with Gasteiger partial charge in [-0.15, -0.1) is 0 Å². The Morgan fingerprint density at radius 2 is 1.83 bits per heavy atom. The van der Waals surface area contributed by atoms with Gasteiger partial charge in [0.15, 0.2) is 11.6 Å². The molecule has 3 aliphatic rings. The zero-order valence-electron chi connectivity index (χ0n) is 16.8. The van der Waals surface area contributed by atoms with E-state index in [1.165, 1.54) is 11.6 Å². The summed E-state index contributed by atoms with van der Waals surface area (Å²) in [5, 5.41) is 0. The second kappa shape index (κ2) is 8.07. The Morgan fingerprint density at radius 3 is 2.47 bits per heavy atom. The number of alkyl halides is 2. The van der Waals surface area contributed by atoms with Crippen LogP contribution in [0.3, 0.4) is 0 Å². The Labute approximate surface area is 174 Å². The smallest absolute Gasteiger partial charge is 0.387 e. The topological polar surface area (TPSA) is 73.5 Å². The fraction of sp³-hybridized carbons (Fsp3) is 0.545. The highest BCUT2D eigenvalue weighted by molar-refractivity contribution is 5.65. The van der Waals surface area contributed by atoms with E-state index in [0.29, 0.717) is 23.4 Å². The summed E-state index contributed by atoms with van der Waals surface area (Å²) in [7, 11) is 0. The number of nitrogen functional groups attached to an aromatic ring is 1. The van der Waals surface area contributed by atoms with Gasteiger partial charge in [0.2, 0.25) is 0 Å². The van der Waals surface area contributed by atoms with Gasteiger partial charge in [0.25, 0.3) is 0 Å². The Kier molecular flexibility index (Phi) is 5.28. The molecule has 0 radical (unpaired) electrons. The van der Waals surface area contributed by atoms with Crippen LogP contribution in [0.2, 0.25) is 0 Å². The van der Waals surface area contributed by atoms with Gasteiger partial charge in [-0.25, -0.2) is 4.98 Å². The van der Waals surface area contributed by atoms with Gasteiger partial charge in [0.05, 0.1) is 24.9 Å². The lowest BCUT2D eigenvalue weighted by Crippen LogP contribution is -2.51. The molecule has 2 N–H and O–H groups in total. The van der Waals surface area contributed by atoms with Crippen LogP contribution in [0.1, 0.15) is 48.8 Å². The summed E-state index contributed by atoms with van der Waals surface area (Å²) >= 11 is 0. The number of nitrogens with two attached hydrogens (primary N) is 1. The van der Waals surface area contributed by atoms with Gasteiger partial charge in [-0.05, 0) is 68.5 Å². The molecule has 0 spiro atoms. The van der Waals surface area contributed by atoms with Crippen molar-refractivity contribution < 1.29 is 18.3 Å². The first-order valence-corrected chi connectivity index (χ1v) is 10.6. The van der Waals surface area contributed by atoms with Crippen LogP contribution in [0.4, 0.5) is 14.6 Å². The number of piperidine rings is 1. The predicted molar refractivity (Wildman–Crippen MR) is 109 cm³/mol. The lowest BCUT2D eigenvalue weighted by molar-refractivity contribution is -0.0712. The molecule has 2 aromatic heterocycles. The maximum absolute atomic E-state index is 12.7. The molecule has 5 rings (SSSR count). The average Bonchev–Trinajstić information content (AvgIpc) is 3.54. The number of hydrogen-bond acceptors (Lipinski definition) is 6. The lowest BCUT2D eigenvalue weighted by atomic mass is 9.87. The first-order chi connectivity index (χ1) is 14.6. The number of ether oxygens (including phenoxy) is 2. The van der Waals surface area contributed by atoms with E-state index in [1.54, 1.807) is 6.20 Å². The Balaban J connectivity index is 1.41. The number of rotatable bonds is 6. The second-order valence-corrected chi connectivity index (χ2v) is 8.47. The number of aromatic nitrogens is 2. The third-order valence-electron chi connectivity index (χ3n) is 6.39. The third kappa shape index (κ3) is 4.11. The summed E-state index contributed by atoms with van der Waals surface area (Å²) in [5.74, 6) is 0.804. The van der Waals surface area contributed by atoms with Crippen molar-refractivity contribution in [1.82, 2.24) is 14.9 Å². The van der Waals surface area contributed by atoms with Gasteiger partial charge in [-0.1, -0.05) is 0 Å². The Morgan fingerprint density at radius 1 is 1.07 bits per heavy atom. The molecule has 1 aliphatic carbocycles. The Bertz CT molecular complexity index is 910. The molecule has 8 heteroatoms. The standard InChI is InChI=1S/C22H26F2N4O2/c23-22(24)30-20-9-16(10-26-21(20)25)19-8-15(7-18(27-19)14-1-2-14)13-3-5-28(6-4-13)17-11-29-12-17/h7-10,13-14,17,22H,1-6,11-12H2,(H2,25,26). The number of hydrogen-bond donors (Lipinski definition) is 1. The van der Waals surface area contributed by atoms with Crippen molar-refractivity contribution in [1.29, 1.82) is 0 Å². The van der Waals surface area contributed by atoms with Crippen LogP contribution in [0.25, 0.3) is 11.3 Å². The molecule has 0 bridgehead atoms. The Hall–Kier alpha value is -2.32. The van der Waals surface area contributed by atoms with E-state index in [0.717, 1.165) is 63.4 Å². The molecular formula is C22H26F2N4O2. The highest BCUT2D eigenvalue weighted by Gasteiger charge is 2.31. The van der Waals surface area contributed by atoms with E-state index in [1.807, 2.05) is 0 Å². The van der Waals surface area contributed by atoms with Crippen molar-refractivity contribution >= 4 is 5.82 Å². The summed E-state index contributed by atoms with van der Waals surface area (Å²) in [4.78, 5) is 11.4. The van der Waals surface area contributed by atoms with Crippen LogP contribution in [0, 0.1) is 0 Å². The molecular weight excluding hydrogens is 390 g/mol. The fourth-order valence-electron chi connectivity index (χ4n) is 4.36. The number of pyridine rings is 2. The van der Waals surface area contributed by atoms with E-state index < -0.39 is 6.61 Å². The summed E-state index contributed by atoms with van der Waals surface area (Å²) in [6.45, 7) is 0.902. The number of likely N-dealkylation sites (tertiary alicyclic amines) is 1. The average molecular weight is 416 g/mol. The summed E-state index contributed by atoms with van der Waals surface area (Å²) in [5.41, 5.74) is 9.46. The molecule has 4 heterocycles. The van der Waals surface area contributed by atoms with E-state index in [2.05, 4.69) is 26.8 Å². The van der Waals surface area contributed by atoms with Gasteiger partial charge >= 0.3 is 6.61 Å². The van der Waals surface area contributed by atoms with Crippen molar-refractivity contribution in [3.8, 4) is 17.0 Å². The third-order valence-corrected chi connectivity index (χ3v) is 6.39. The van der Waals surface area contributed by atoms with Crippen LogP contribution < -0.4 is 10.5 Å². The van der Waals surface area contributed by atoms with Gasteiger partial charge in [0.1, 0.15) is 0 Å². The van der Waals surface area contributed by atoms with E-state index in [-0.39, 0.29) is 11.6 Å². The number of nitrogens with zero attached hydrogens (tertiary/aromatic N) is 3. The van der Waals surface area contributed by atoms with Crippen LogP contribution in [0.15, 0.2) is 24.4 Å². The van der Waals surface area contributed by atoms with Gasteiger partial charge in [0, 0.05) is 23.4 Å². The zero-order chi connectivity index (χ0) is 20.7. The predicted octanol–water partition coefficient (Wildman–Crippen LogP) is 3.78. The van der Waals surface area contributed by atoms with Crippen molar-refractivity contribution in [2.45, 2.75) is 50.2 Å². The first kappa shape index (κ1) is 19.6. The molecule has 1 saturated carbocycles. The minimum Gasteiger partial charge on any atom is -0.431 e. The summed E-state index contributed by atoms with van der Waals surface area (Å²) in [6.07, 6.45) is 6.08. The van der Waals surface area contributed by atoms with Crippen molar-refractivity contribution in [3.63, 3.8) is 0 Å². The van der Waals surface area contributed by atoms with Crippen LogP contribution >= 0.6 is 0 Å². The quantitative estimate of drug-likeness (QED) is 0.773. The molecule has 0 unspecified atom stereocenters. The normalized spacial score (nSPS) is 21.0. The molecule has 0 amide bonds. The molecule has 2 aromatic rings. The number of halogens is 2. The highest BCUT2D eigenvalue weighted by atomic mass is 19.3. The fourth-order valence-corrected chi connectivity index (χ4v) is 4.36. The van der Waals surface area contributed by atoms with Crippen molar-refractivity contribution in [3.05, 3.63) is 35.7 Å². The zero-order valence-corrected chi connectivity index (χ0v) is 16.8.